The van der Waals surface area contributed by atoms with E-state index in [4.69, 9.17) is 28.9 Å². The molecule has 3 nitrogen and oxygen atoms in total. The Bertz CT molecular complexity index is 604. The van der Waals surface area contributed by atoms with Crippen molar-refractivity contribution in [2.24, 2.45) is 0 Å². The highest BCUT2D eigenvalue weighted by Gasteiger charge is 2.12. The zero-order valence-corrected chi connectivity index (χ0v) is 11.7. The first kappa shape index (κ1) is 13.9. The van der Waals surface area contributed by atoms with E-state index in [1.165, 1.54) is 12.3 Å². The van der Waals surface area contributed by atoms with Crippen LogP contribution in [0, 0.1) is 5.82 Å². The number of nitrogens with zero attached hydrogens (tertiary/aromatic N) is 2. The van der Waals surface area contributed by atoms with Crippen molar-refractivity contribution in [2.45, 2.75) is 6.54 Å². The molecule has 0 aliphatic carbocycles. The van der Waals surface area contributed by atoms with Crippen LogP contribution in [0.2, 0.25) is 10.0 Å². The molecule has 0 saturated carbocycles. The van der Waals surface area contributed by atoms with Gasteiger partial charge < -0.3 is 10.6 Å². The van der Waals surface area contributed by atoms with Crippen LogP contribution in [0.5, 0.6) is 0 Å². The number of halogens is 3. The number of anilines is 2. The SMILES string of the molecule is CN(Cc1cc(N)ccc1Cl)c1ncc(Cl)cc1F. The fourth-order valence-corrected chi connectivity index (χ4v) is 2.06. The lowest BCUT2D eigenvalue weighted by Gasteiger charge is -2.19. The second-order valence-corrected chi connectivity index (χ2v) is 5.01. The fraction of sp³-hybridized carbons (Fsp3) is 0.154. The first-order chi connectivity index (χ1) is 8.97. The van der Waals surface area contributed by atoms with Gasteiger partial charge in [-0.3, -0.25) is 0 Å². The van der Waals surface area contributed by atoms with E-state index >= 15 is 0 Å². The van der Waals surface area contributed by atoms with E-state index in [0.29, 0.717) is 17.3 Å². The largest absolute Gasteiger partial charge is 0.399 e. The van der Waals surface area contributed by atoms with Crippen molar-refractivity contribution in [3.8, 4) is 0 Å². The number of nitrogens with two attached hydrogens (primary N) is 1. The highest BCUT2D eigenvalue weighted by atomic mass is 35.5. The van der Waals surface area contributed by atoms with Gasteiger partial charge in [0.2, 0.25) is 0 Å². The predicted molar refractivity (Wildman–Crippen MR) is 77.2 cm³/mol. The predicted octanol–water partition coefficient (Wildman–Crippen LogP) is 3.75. The minimum Gasteiger partial charge on any atom is -0.399 e. The van der Waals surface area contributed by atoms with Gasteiger partial charge in [0.25, 0.3) is 0 Å². The Morgan fingerprint density at radius 3 is 2.74 bits per heavy atom. The zero-order valence-electron chi connectivity index (χ0n) is 10.2. The van der Waals surface area contributed by atoms with Crippen molar-refractivity contribution >= 4 is 34.7 Å². The molecule has 0 amide bonds. The van der Waals surface area contributed by atoms with Gasteiger partial charge in [0, 0.05) is 30.5 Å². The van der Waals surface area contributed by atoms with E-state index in [0.717, 1.165) is 5.56 Å². The summed E-state index contributed by atoms with van der Waals surface area (Å²) in [7, 11) is 1.72. The molecule has 1 aromatic heterocycles. The van der Waals surface area contributed by atoms with Gasteiger partial charge in [-0.2, -0.15) is 0 Å². The second kappa shape index (κ2) is 5.63. The summed E-state index contributed by atoms with van der Waals surface area (Å²) in [6.07, 6.45) is 1.40. The summed E-state index contributed by atoms with van der Waals surface area (Å²) < 4.78 is 13.7. The summed E-state index contributed by atoms with van der Waals surface area (Å²) in [5, 5.41) is 0.840. The molecule has 0 bridgehead atoms. The monoisotopic (exact) mass is 299 g/mol. The molecule has 0 saturated heterocycles. The van der Waals surface area contributed by atoms with Crippen LogP contribution >= 0.6 is 23.2 Å². The lowest BCUT2D eigenvalue weighted by Crippen LogP contribution is -2.19. The third-order valence-electron chi connectivity index (χ3n) is 2.63. The van der Waals surface area contributed by atoms with Gasteiger partial charge in [-0.15, -0.1) is 0 Å². The molecule has 2 aromatic rings. The van der Waals surface area contributed by atoms with Crippen LogP contribution in [0.1, 0.15) is 5.56 Å². The minimum atomic E-state index is -0.477. The smallest absolute Gasteiger partial charge is 0.167 e. The maximum atomic E-state index is 13.7. The number of aromatic nitrogens is 1. The molecule has 19 heavy (non-hydrogen) atoms. The van der Waals surface area contributed by atoms with Crippen molar-refractivity contribution in [3.63, 3.8) is 0 Å². The Labute approximate surface area is 120 Å². The lowest BCUT2D eigenvalue weighted by atomic mass is 10.2. The molecule has 6 heteroatoms. The van der Waals surface area contributed by atoms with Crippen LogP contribution in [0.25, 0.3) is 0 Å². The Hall–Kier alpha value is -1.52. The second-order valence-electron chi connectivity index (χ2n) is 4.17. The molecule has 0 aliphatic heterocycles. The van der Waals surface area contributed by atoms with Gasteiger partial charge in [-0.25, -0.2) is 9.37 Å². The van der Waals surface area contributed by atoms with Crippen LogP contribution in [-0.4, -0.2) is 12.0 Å². The van der Waals surface area contributed by atoms with E-state index in [1.54, 1.807) is 30.1 Å². The van der Waals surface area contributed by atoms with E-state index in [-0.39, 0.29) is 10.8 Å². The highest BCUT2D eigenvalue weighted by Crippen LogP contribution is 2.24. The maximum Gasteiger partial charge on any atom is 0.167 e. The molecular weight excluding hydrogens is 288 g/mol. The minimum absolute atomic E-state index is 0.211. The van der Waals surface area contributed by atoms with E-state index in [2.05, 4.69) is 4.98 Å². The number of pyridine rings is 1. The molecule has 2 rings (SSSR count). The highest BCUT2D eigenvalue weighted by molar-refractivity contribution is 6.31. The van der Waals surface area contributed by atoms with Crippen LogP contribution in [0.4, 0.5) is 15.9 Å². The molecule has 0 aliphatic rings. The molecule has 1 heterocycles. The van der Waals surface area contributed by atoms with Crippen molar-refractivity contribution in [2.75, 3.05) is 17.7 Å². The van der Waals surface area contributed by atoms with Crippen molar-refractivity contribution in [1.29, 1.82) is 0 Å². The Kier molecular flexibility index (Phi) is 4.12. The lowest BCUT2D eigenvalue weighted by molar-refractivity contribution is 0.615. The van der Waals surface area contributed by atoms with E-state index in [9.17, 15) is 4.39 Å². The van der Waals surface area contributed by atoms with Crippen molar-refractivity contribution in [1.82, 2.24) is 4.98 Å². The topological polar surface area (TPSA) is 42.1 Å². The van der Waals surface area contributed by atoms with Crippen molar-refractivity contribution < 1.29 is 4.39 Å². The van der Waals surface area contributed by atoms with Gasteiger partial charge in [0.15, 0.2) is 11.6 Å². The normalized spacial score (nSPS) is 10.5. The van der Waals surface area contributed by atoms with Crippen LogP contribution < -0.4 is 10.6 Å². The Balaban J connectivity index is 2.25. The molecule has 0 atom stereocenters. The summed E-state index contributed by atoms with van der Waals surface area (Å²) in [4.78, 5) is 5.62. The van der Waals surface area contributed by atoms with Crippen LogP contribution in [0.15, 0.2) is 30.5 Å². The molecule has 100 valence electrons. The Morgan fingerprint density at radius 1 is 1.32 bits per heavy atom. The maximum absolute atomic E-state index is 13.7. The molecule has 0 fully saturated rings. The van der Waals surface area contributed by atoms with Gasteiger partial charge in [0.1, 0.15) is 0 Å². The number of rotatable bonds is 3. The first-order valence-electron chi connectivity index (χ1n) is 5.53. The summed E-state index contributed by atoms with van der Waals surface area (Å²) in [6.45, 7) is 0.398. The van der Waals surface area contributed by atoms with Gasteiger partial charge in [-0.05, 0) is 29.8 Å². The Morgan fingerprint density at radius 2 is 2.05 bits per heavy atom. The zero-order chi connectivity index (χ0) is 14.0. The third-order valence-corrected chi connectivity index (χ3v) is 3.20. The van der Waals surface area contributed by atoms with Crippen LogP contribution in [0.3, 0.4) is 0 Å². The van der Waals surface area contributed by atoms with Crippen LogP contribution in [-0.2, 0) is 6.54 Å². The molecule has 0 radical (unpaired) electrons. The first-order valence-corrected chi connectivity index (χ1v) is 6.29. The molecule has 0 unspecified atom stereocenters. The third kappa shape index (κ3) is 3.28. The van der Waals surface area contributed by atoms with Crippen molar-refractivity contribution in [3.05, 3.63) is 51.9 Å². The van der Waals surface area contributed by atoms with Gasteiger partial charge >= 0.3 is 0 Å². The molecule has 0 spiro atoms. The van der Waals surface area contributed by atoms with Gasteiger partial charge in [0.05, 0.1) is 5.02 Å². The summed E-state index contributed by atoms with van der Waals surface area (Å²) in [5.74, 6) is -0.266. The summed E-state index contributed by atoms with van der Waals surface area (Å²) in [6, 6.07) is 6.41. The van der Waals surface area contributed by atoms with Gasteiger partial charge in [-0.1, -0.05) is 23.2 Å². The molecule has 2 N–H and O–H groups in total. The number of benzene rings is 1. The average molecular weight is 300 g/mol. The number of hydrogen-bond donors (Lipinski definition) is 1. The van der Waals surface area contributed by atoms with E-state index < -0.39 is 5.82 Å². The summed E-state index contributed by atoms with van der Waals surface area (Å²) in [5.41, 5.74) is 7.12. The number of nitrogen functional groups attached to an aromatic ring is 1. The summed E-state index contributed by atoms with van der Waals surface area (Å²) >= 11 is 11.7. The molecule has 1 aromatic carbocycles. The van der Waals surface area contributed by atoms with E-state index in [1.807, 2.05) is 0 Å². The molecular formula is C13H12Cl2FN3. The standard InChI is InChI=1S/C13H12Cl2FN3/c1-19(13-12(16)5-9(14)6-18-13)7-8-4-10(17)2-3-11(8)15/h2-6H,7,17H2,1H3. The quantitative estimate of drug-likeness (QED) is 0.878. The number of hydrogen-bond acceptors (Lipinski definition) is 3. The fourth-order valence-electron chi connectivity index (χ4n) is 1.73. The average Bonchev–Trinajstić information content (AvgIpc) is 2.33.